The second kappa shape index (κ2) is 9.45. The summed E-state index contributed by atoms with van der Waals surface area (Å²) in [4.78, 5) is 24.6. The minimum atomic E-state index is -0.402. The Bertz CT molecular complexity index is 503. The highest BCUT2D eigenvalue weighted by Gasteiger charge is 2.21. The van der Waals surface area contributed by atoms with E-state index in [4.69, 9.17) is 9.47 Å². The summed E-state index contributed by atoms with van der Waals surface area (Å²) in [5, 5.41) is 0. The molecule has 0 fully saturated rings. The summed E-state index contributed by atoms with van der Waals surface area (Å²) in [6.45, 7) is 12.1. The van der Waals surface area contributed by atoms with Crippen molar-refractivity contribution in [1.82, 2.24) is 0 Å². The van der Waals surface area contributed by atoms with Gasteiger partial charge in [0.1, 0.15) is 12.2 Å². The third kappa shape index (κ3) is 5.66. The SMILES string of the molecule is CCC(OC(=O)c1cccc(C(=O)OC(CC)C(C)C)c1)C(C)C. The van der Waals surface area contributed by atoms with Crippen molar-refractivity contribution in [2.45, 2.75) is 66.6 Å². The number of ether oxygens (including phenoxy) is 2. The van der Waals surface area contributed by atoms with Crippen molar-refractivity contribution in [2.75, 3.05) is 0 Å². The van der Waals surface area contributed by atoms with Crippen LogP contribution in [0.15, 0.2) is 24.3 Å². The normalized spacial score (nSPS) is 13.7. The number of carbonyl (C=O) groups is 2. The van der Waals surface area contributed by atoms with Gasteiger partial charge >= 0.3 is 11.9 Å². The fourth-order valence-corrected chi connectivity index (χ4v) is 2.57. The van der Waals surface area contributed by atoms with Crippen LogP contribution in [-0.2, 0) is 9.47 Å². The first-order valence-corrected chi connectivity index (χ1v) is 8.82. The third-order valence-corrected chi connectivity index (χ3v) is 4.14. The predicted molar refractivity (Wildman–Crippen MR) is 95.1 cm³/mol. The van der Waals surface area contributed by atoms with E-state index in [0.717, 1.165) is 12.8 Å². The second-order valence-electron chi connectivity index (χ2n) is 6.77. The van der Waals surface area contributed by atoms with Crippen LogP contribution in [0, 0.1) is 11.8 Å². The number of hydrogen-bond donors (Lipinski definition) is 0. The summed E-state index contributed by atoms with van der Waals surface area (Å²) < 4.78 is 11.1. The molecule has 0 saturated heterocycles. The summed E-state index contributed by atoms with van der Waals surface area (Å²) in [6.07, 6.45) is 1.27. The minimum absolute atomic E-state index is 0.126. The van der Waals surface area contributed by atoms with Gasteiger partial charge in [-0.2, -0.15) is 0 Å². The maximum Gasteiger partial charge on any atom is 0.338 e. The Labute approximate surface area is 145 Å². The molecule has 2 atom stereocenters. The van der Waals surface area contributed by atoms with Crippen molar-refractivity contribution in [3.63, 3.8) is 0 Å². The summed E-state index contributed by atoms with van der Waals surface area (Å²) in [5.74, 6) is -0.297. The van der Waals surface area contributed by atoms with Crippen LogP contribution in [-0.4, -0.2) is 24.1 Å². The Morgan fingerprint density at radius 2 is 1.21 bits per heavy atom. The van der Waals surface area contributed by atoms with E-state index in [1.807, 2.05) is 41.5 Å². The van der Waals surface area contributed by atoms with Gasteiger partial charge in [0.15, 0.2) is 0 Å². The van der Waals surface area contributed by atoms with Gasteiger partial charge in [-0.3, -0.25) is 0 Å². The van der Waals surface area contributed by atoms with Crippen molar-refractivity contribution in [1.29, 1.82) is 0 Å². The van der Waals surface area contributed by atoms with Crippen LogP contribution < -0.4 is 0 Å². The van der Waals surface area contributed by atoms with Crippen LogP contribution in [0.5, 0.6) is 0 Å². The fraction of sp³-hybridized carbons (Fsp3) is 0.600. The zero-order chi connectivity index (χ0) is 18.3. The molecule has 0 aliphatic carbocycles. The molecule has 0 aliphatic rings. The molecule has 1 aromatic rings. The summed E-state index contributed by atoms with van der Waals surface area (Å²) in [7, 11) is 0. The van der Waals surface area contributed by atoms with E-state index in [1.54, 1.807) is 24.3 Å². The number of esters is 2. The van der Waals surface area contributed by atoms with Crippen LogP contribution in [0.25, 0.3) is 0 Å². The fourth-order valence-electron chi connectivity index (χ4n) is 2.57. The second-order valence-corrected chi connectivity index (χ2v) is 6.77. The molecule has 0 amide bonds. The lowest BCUT2D eigenvalue weighted by Gasteiger charge is -2.20. The molecule has 1 rings (SSSR count). The first-order valence-electron chi connectivity index (χ1n) is 8.82. The smallest absolute Gasteiger partial charge is 0.338 e. The van der Waals surface area contributed by atoms with Gasteiger partial charge in [-0.1, -0.05) is 47.6 Å². The monoisotopic (exact) mass is 334 g/mol. The molecule has 0 aromatic heterocycles. The highest BCUT2D eigenvalue weighted by molar-refractivity contribution is 5.95. The molecular weight excluding hydrogens is 304 g/mol. The van der Waals surface area contributed by atoms with Crippen molar-refractivity contribution in [2.24, 2.45) is 11.8 Å². The Hall–Kier alpha value is -1.84. The molecule has 24 heavy (non-hydrogen) atoms. The average molecular weight is 334 g/mol. The highest BCUT2D eigenvalue weighted by Crippen LogP contribution is 2.17. The first-order chi connectivity index (χ1) is 11.3. The molecule has 0 N–H and O–H groups in total. The van der Waals surface area contributed by atoms with E-state index in [-0.39, 0.29) is 24.0 Å². The van der Waals surface area contributed by atoms with Crippen molar-refractivity contribution in [3.05, 3.63) is 35.4 Å². The largest absolute Gasteiger partial charge is 0.459 e. The molecule has 2 unspecified atom stereocenters. The van der Waals surface area contributed by atoms with Gasteiger partial charge in [0.05, 0.1) is 11.1 Å². The van der Waals surface area contributed by atoms with Gasteiger partial charge in [0.25, 0.3) is 0 Å². The molecule has 0 radical (unpaired) electrons. The van der Waals surface area contributed by atoms with E-state index in [1.165, 1.54) is 0 Å². The standard InChI is InChI=1S/C20H30O4/c1-7-17(13(3)4)23-19(21)15-10-9-11-16(12-15)20(22)24-18(8-2)14(5)6/h9-14,17-18H,7-8H2,1-6H3. The number of benzene rings is 1. The van der Waals surface area contributed by atoms with Crippen molar-refractivity contribution >= 4 is 11.9 Å². The average Bonchev–Trinajstić information content (AvgIpc) is 2.56. The van der Waals surface area contributed by atoms with Crippen molar-refractivity contribution in [3.8, 4) is 0 Å². The van der Waals surface area contributed by atoms with E-state index in [2.05, 4.69) is 0 Å². The molecule has 134 valence electrons. The Balaban J connectivity index is 2.86. The molecule has 0 saturated carbocycles. The van der Waals surface area contributed by atoms with Crippen LogP contribution in [0.4, 0.5) is 0 Å². The van der Waals surface area contributed by atoms with Gasteiger partial charge in [-0.05, 0) is 42.9 Å². The molecule has 0 bridgehead atoms. The van der Waals surface area contributed by atoms with Gasteiger partial charge < -0.3 is 9.47 Å². The maximum absolute atomic E-state index is 12.3. The molecule has 0 spiro atoms. The van der Waals surface area contributed by atoms with Crippen molar-refractivity contribution < 1.29 is 19.1 Å². The number of rotatable bonds is 8. The van der Waals surface area contributed by atoms with Gasteiger partial charge in [0.2, 0.25) is 0 Å². The molecule has 4 heteroatoms. The van der Waals surface area contributed by atoms with Gasteiger partial charge in [0, 0.05) is 0 Å². The lowest BCUT2D eigenvalue weighted by Crippen LogP contribution is -2.24. The Morgan fingerprint density at radius 3 is 1.50 bits per heavy atom. The lowest BCUT2D eigenvalue weighted by atomic mass is 10.0. The summed E-state index contributed by atoms with van der Waals surface area (Å²) in [5.41, 5.74) is 0.752. The minimum Gasteiger partial charge on any atom is -0.459 e. The van der Waals surface area contributed by atoms with E-state index in [0.29, 0.717) is 11.1 Å². The molecule has 0 aliphatic heterocycles. The Kier molecular flexibility index (Phi) is 7.96. The third-order valence-electron chi connectivity index (χ3n) is 4.14. The zero-order valence-corrected chi connectivity index (χ0v) is 15.7. The topological polar surface area (TPSA) is 52.6 Å². The molecule has 0 heterocycles. The zero-order valence-electron chi connectivity index (χ0n) is 15.7. The molecule has 1 aromatic carbocycles. The number of hydrogen-bond acceptors (Lipinski definition) is 4. The summed E-state index contributed by atoms with van der Waals surface area (Å²) in [6, 6.07) is 6.54. The maximum atomic E-state index is 12.3. The van der Waals surface area contributed by atoms with E-state index >= 15 is 0 Å². The lowest BCUT2D eigenvalue weighted by molar-refractivity contribution is 0.0170. The Morgan fingerprint density at radius 1 is 0.833 bits per heavy atom. The van der Waals surface area contributed by atoms with Crippen LogP contribution in [0.1, 0.15) is 75.1 Å². The first kappa shape index (κ1) is 20.2. The number of carbonyl (C=O) groups excluding carboxylic acids is 2. The molecular formula is C20H30O4. The quantitative estimate of drug-likeness (QED) is 0.636. The van der Waals surface area contributed by atoms with E-state index < -0.39 is 11.9 Å². The van der Waals surface area contributed by atoms with Gasteiger partial charge in [-0.15, -0.1) is 0 Å². The van der Waals surface area contributed by atoms with Crippen LogP contribution in [0.2, 0.25) is 0 Å². The summed E-state index contributed by atoms with van der Waals surface area (Å²) >= 11 is 0. The van der Waals surface area contributed by atoms with Gasteiger partial charge in [-0.25, -0.2) is 9.59 Å². The van der Waals surface area contributed by atoms with Crippen LogP contribution >= 0.6 is 0 Å². The van der Waals surface area contributed by atoms with Crippen LogP contribution in [0.3, 0.4) is 0 Å². The predicted octanol–water partition coefficient (Wildman–Crippen LogP) is 4.87. The molecule has 4 nitrogen and oxygen atoms in total. The van der Waals surface area contributed by atoms with E-state index in [9.17, 15) is 9.59 Å². The highest BCUT2D eigenvalue weighted by atomic mass is 16.5.